The fourth-order valence-electron chi connectivity index (χ4n) is 5.14. The van der Waals surface area contributed by atoms with Crippen LogP contribution in [0.5, 0.6) is 0 Å². The molecule has 3 unspecified atom stereocenters. The quantitative estimate of drug-likeness (QED) is 0.154. The Hall–Kier alpha value is -3.89. The summed E-state index contributed by atoms with van der Waals surface area (Å²) in [5.41, 5.74) is 1.45. The summed E-state index contributed by atoms with van der Waals surface area (Å²) in [5, 5.41) is 5.37. The molecule has 3 aromatic rings. The standard InChI is InChI=1S/C36H44N2O7S/c1-5-43-34(41)29(18-15-25-11-7-6-8-12-25)37-30-24-46-31(28-17-16-26-13-9-10-14-27(26)21-28)22-38(33(30)40)23-32(39)44-19-20-45-35(42)36(2,3)4/h6-14,16-17,21,29-31,37H,5,15,18-20,22-24H2,1-4H3. The van der Waals surface area contributed by atoms with Gasteiger partial charge in [-0.1, -0.05) is 66.7 Å². The molecule has 1 N–H and O–H groups in total. The summed E-state index contributed by atoms with van der Waals surface area (Å²) in [6.45, 7) is 7.03. The van der Waals surface area contributed by atoms with Crippen molar-refractivity contribution in [3.8, 4) is 0 Å². The Morgan fingerprint density at radius 1 is 0.935 bits per heavy atom. The molecule has 0 spiro atoms. The molecule has 0 radical (unpaired) electrons. The highest BCUT2D eigenvalue weighted by Gasteiger charge is 2.36. The predicted molar refractivity (Wildman–Crippen MR) is 179 cm³/mol. The molecule has 0 bridgehead atoms. The van der Waals surface area contributed by atoms with Crippen LogP contribution in [-0.2, 0) is 39.8 Å². The Morgan fingerprint density at radius 3 is 2.35 bits per heavy atom. The number of hydrogen-bond acceptors (Lipinski definition) is 9. The monoisotopic (exact) mass is 648 g/mol. The van der Waals surface area contributed by atoms with Crippen LogP contribution in [0.25, 0.3) is 10.8 Å². The molecule has 0 aromatic heterocycles. The van der Waals surface area contributed by atoms with E-state index >= 15 is 0 Å². The first-order valence-corrected chi connectivity index (χ1v) is 16.8. The van der Waals surface area contributed by atoms with Crippen molar-refractivity contribution in [2.45, 2.75) is 57.9 Å². The van der Waals surface area contributed by atoms with Crippen molar-refractivity contribution in [2.24, 2.45) is 5.41 Å². The second-order valence-corrected chi connectivity index (χ2v) is 13.5. The maximum atomic E-state index is 14.0. The molecule has 0 aliphatic carbocycles. The Bertz CT molecular complexity index is 1490. The Labute approximate surface area is 275 Å². The third-order valence-corrected chi connectivity index (χ3v) is 9.00. The molecule has 1 saturated heterocycles. The highest BCUT2D eigenvalue weighted by atomic mass is 32.2. The molecule has 1 aliphatic heterocycles. The van der Waals surface area contributed by atoms with E-state index in [2.05, 4.69) is 29.6 Å². The van der Waals surface area contributed by atoms with Crippen LogP contribution in [0.15, 0.2) is 72.8 Å². The molecule has 246 valence electrons. The first kappa shape index (κ1) is 35.0. The fourth-order valence-corrected chi connectivity index (χ4v) is 6.42. The third-order valence-electron chi connectivity index (χ3n) is 7.66. The Kier molecular flexibility index (Phi) is 12.6. The van der Waals surface area contributed by atoms with E-state index < -0.39 is 29.4 Å². The van der Waals surface area contributed by atoms with Crippen molar-refractivity contribution in [3.63, 3.8) is 0 Å². The number of aryl methyl sites for hydroxylation is 1. The number of ether oxygens (including phenoxy) is 3. The highest BCUT2D eigenvalue weighted by molar-refractivity contribution is 7.99. The summed E-state index contributed by atoms with van der Waals surface area (Å²) in [4.78, 5) is 53.5. The molecule has 3 atom stereocenters. The lowest BCUT2D eigenvalue weighted by atomic mass is 9.97. The van der Waals surface area contributed by atoms with Crippen LogP contribution in [0.4, 0.5) is 0 Å². The molecule has 1 fully saturated rings. The number of benzene rings is 3. The maximum Gasteiger partial charge on any atom is 0.325 e. The van der Waals surface area contributed by atoms with Gasteiger partial charge in [-0.2, -0.15) is 0 Å². The van der Waals surface area contributed by atoms with Gasteiger partial charge in [0.05, 0.1) is 18.1 Å². The van der Waals surface area contributed by atoms with Gasteiger partial charge in [-0.15, -0.1) is 11.8 Å². The average Bonchev–Trinajstić information content (AvgIpc) is 3.19. The number of rotatable bonds is 13. The number of esters is 3. The molecule has 10 heteroatoms. The van der Waals surface area contributed by atoms with Gasteiger partial charge in [0.1, 0.15) is 25.8 Å². The van der Waals surface area contributed by atoms with E-state index in [-0.39, 0.29) is 50.0 Å². The number of hydrogen-bond donors (Lipinski definition) is 1. The second-order valence-electron chi connectivity index (χ2n) is 12.3. The summed E-state index contributed by atoms with van der Waals surface area (Å²) in [7, 11) is 0. The normalized spacial score (nSPS) is 17.7. The van der Waals surface area contributed by atoms with Gasteiger partial charge >= 0.3 is 17.9 Å². The van der Waals surface area contributed by atoms with Crippen molar-refractivity contribution >= 4 is 46.3 Å². The van der Waals surface area contributed by atoms with Gasteiger partial charge in [-0.3, -0.25) is 24.5 Å². The van der Waals surface area contributed by atoms with E-state index in [1.165, 1.54) is 4.90 Å². The second kappa shape index (κ2) is 16.6. The van der Waals surface area contributed by atoms with E-state index in [1.807, 2.05) is 48.5 Å². The summed E-state index contributed by atoms with van der Waals surface area (Å²) in [6, 6.07) is 22.7. The number of nitrogens with zero attached hydrogens (tertiary/aromatic N) is 1. The molecule has 0 saturated carbocycles. The summed E-state index contributed by atoms with van der Waals surface area (Å²) in [6.07, 6.45) is 1.07. The van der Waals surface area contributed by atoms with Crippen LogP contribution in [0.2, 0.25) is 0 Å². The fraction of sp³-hybridized carbons (Fsp3) is 0.444. The van der Waals surface area contributed by atoms with Crippen molar-refractivity contribution in [3.05, 3.63) is 83.9 Å². The number of fused-ring (bicyclic) bond motifs is 1. The average molecular weight is 649 g/mol. The number of carbonyl (C=O) groups is 4. The molecular weight excluding hydrogens is 604 g/mol. The van der Waals surface area contributed by atoms with E-state index in [9.17, 15) is 19.2 Å². The van der Waals surface area contributed by atoms with E-state index in [0.717, 1.165) is 21.9 Å². The molecule has 1 amide bonds. The first-order valence-electron chi connectivity index (χ1n) is 15.7. The molecule has 9 nitrogen and oxygen atoms in total. The van der Waals surface area contributed by atoms with Crippen molar-refractivity contribution in [1.82, 2.24) is 10.2 Å². The molecule has 1 heterocycles. The van der Waals surface area contributed by atoms with Gasteiger partial charge in [0.15, 0.2) is 0 Å². The molecular formula is C36H44N2O7S. The molecule has 46 heavy (non-hydrogen) atoms. The van der Waals surface area contributed by atoms with E-state index in [1.54, 1.807) is 39.5 Å². The largest absolute Gasteiger partial charge is 0.465 e. The number of thioether (sulfide) groups is 1. The molecule has 1 aliphatic rings. The Morgan fingerprint density at radius 2 is 1.63 bits per heavy atom. The van der Waals surface area contributed by atoms with Crippen LogP contribution >= 0.6 is 11.8 Å². The zero-order valence-electron chi connectivity index (χ0n) is 27.0. The Balaban J connectivity index is 1.50. The lowest BCUT2D eigenvalue weighted by molar-refractivity contribution is -0.159. The van der Waals surface area contributed by atoms with Crippen LogP contribution in [0, 0.1) is 5.41 Å². The van der Waals surface area contributed by atoms with Crippen LogP contribution in [0.3, 0.4) is 0 Å². The summed E-state index contributed by atoms with van der Waals surface area (Å²) < 4.78 is 15.9. The van der Waals surface area contributed by atoms with Crippen molar-refractivity contribution in [1.29, 1.82) is 0 Å². The minimum Gasteiger partial charge on any atom is -0.465 e. The lowest BCUT2D eigenvalue weighted by Crippen LogP contribution is -2.53. The van der Waals surface area contributed by atoms with Crippen LogP contribution in [0.1, 0.15) is 50.5 Å². The van der Waals surface area contributed by atoms with Gasteiger partial charge in [0.25, 0.3) is 0 Å². The van der Waals surface area contributed by atoms with Gasteiger partial charge in [0, 0.05) is 17.5 Å². The number of nitrogens with one attached hydrogen (secondary N) is 1. The third kappa shape index (κ3) is 10.1. The van der Waals surface area contributed by atoms with Crippen molar-refractivity contribution in [2.75, 3.05) is 38.7 Å². The minimum atomic E-state index is -0.735. The first-order chi connectivity index (χ1) is 22.0. The van der Waals surface area contributed by atoms with Crippen LogP contribution in [-0.4, -0.2) is 79.5 Å². The zero-order valence-corrected chi connectivity index (χ0v) is 27.8. The topological polar surface area (TPSA) is 111 Å². The number of carbonyl (C=O) groups excluding carboxylic acids is 4. The van der Waals surface area contributed by atoms with Crippen LogP contribution < -0.4 is 5.32 Å². The zero-order chi connectivity index (χ0) is 33.1. The van der Waals surface area contributed by atoms with E-state index in [4.69, 9.17) is 14.2 Å². The maximum absolute atomic E-state index is 14.0. The number of amides is 1. The predicted octanol–water partition coefficient (Wildman–Crippen LogP) is 5.11. The minimum absolute atomic E-state index is 0.0713. The van der Waals surface area contributed by atoms with Gasteiger partial charge in [-0.05, 0) is 68.5 Å². The van der Waals surface area contributed by atoms with Gasteiger partial charge < -0.3 is 19.1 Å². The lowest BCUT2D eigenvalue weighted by Gasteiger charge is -2.27. The van der Waals surface area contributed by atoms with E-state index in [0.29, 0.717) is 18.6 Å². The van der Waals surface area contributed by atoms with Gasteiger partial charge in [-0.25, -0.2) is 0 Å². The summed E-state index contributed by atoms with van der Waals surface area (Å²) >= 11 is 1.61. The van der Waals surface area contributed by atoms with Gasteiger partial charge in [0.2, 0.25) is 5.91 Å². The smallest absolute Gasteiger partial charge is 0.325 e. The summed E-state index contributed by atoms with van der Waals surface area (Å²) in [5.74, 6) is -1.30. The highest BCUT2D eigenvalue weighted by Crippen LogP contribution is 2.35. The van der Waals surface area contributed by atoms with Crippen molar-refractivity contribution < 1.29 is 33.4 Å². The molecule has 3 aromatic carbocycles. The SMILES string of the molecule is CCOC(=O)C(CCc1ccccc1)NC1CSC(c2ccc3ccccc3c2)CN(CC(=O)OCCOC(=O)C(C)(C)C)C1=O. The molecule has 4 rings (SSSR count).